The summed E-state index contributed by atoms with van der Waals surface area (Å²) in [6.07, 6.45) is 1.87. The van der Waals surface area contributed by atoms with E-state index in [0.29, 0.717) is 0 Å². The molecule has 6 nitrogen and oxygen atoms in total. The SMILES string of the molecule is Cc1ccc(N(C(=O)[C@H](F)Cl)[C@@](C)(C(=O)NC2CCC(F)(F)CC2)c2cnoc2)cc1. The average molecular weight is 458 g/mol. The lowest BCUT2D eigenvalue weighted by Gasteiger charge is -2.40. The average Bonchev–Trinajstić information content (AvgIpc) is 3.26. The first kappa shape index (κ1) is 23.1. The molecule has 1 N–H and O–H groups in total. The number of hydrogen-bond donors (Lipinski definition) is 1. The third-order valence-electron chi connectivity index (χ3n) is 5.64. The molecule has 1 saturated carbocycles. The molecule has 1 fully saturated rings. The summed E-state index contributed by atoms with van der Waals surface area (Å²) in [7, 11) is 0. The summed E-state index contributed by atoms with van der Waals surface area (Å²) < 4.78 is 45.9. The van der Waals surface area contributed by atoms with Crippen molar-refractivity contribution in [1.82, 2.24) is 10.5 Å². The van der Waals surface area contributed by atoms with Crippen LogP contribution in [0.15, 0.2) is 41.2 Å². The quantitative estimate of drug-likeness (QED) is 0.650. The van der Waals surface area contributed by atoms with Gasteiger partial charge in [-0.2, -0.15) is 0 Å². The number of amides is 2. The molecule has 10 heteroatoms. The monoisotopic (exact) mass is 457 g/mol. The standard InChI is InChI=1S/C21H23ClF3N3O3/c1-13-3-5-16(6-4-13)28(18(29)17(22)23)20(2,14-11-26-31-12-14)19(30)27-15-7-9-21(24,25)10-8-15/h3-6,11-12,15,17H,7-10H2,1-2H3,(H,27,30)/t17-,20+/m0/s1. The van der Waals surface area contributed by atoms with E-state index in [1.54, 1.807) is 24.3 Å². The van der Waals surface area contributed by atoms with Crippen molar-refractivity contribution in [2.75, 3.05) is 4.90 Å². The number of hydrogen-bond acceptors (Lipinski definition) is 4. The van der Waals surface area contributed by atoms with Gasteiger partial charge in [0.05, 0.1) is 6.20 Å². The molecule has 0 radical (unpaired) electrons. The van der Waals surface area contributed by atoms with Crippen molar-refractivity contribution in [2.24, 2.45) is 0 Å². The fourth-order valence-corrected chi connectivity index (χ4v) is 3.81. The fraction of sp³-hybridized carbons (Fsp3) is 0.476. The van der Waals surface area contributed by atoms with E-state index in [-0.39, 0.29) is 36.9 Å². The molecule has 0 aliphatic heterocycles. The molecule has 2 aromatic rings. The zero-order chi connectivity index (χ0) is 22.8. The van der Waals surface area contributed by atoms with Crippen molar-refractivity contribution >= 4 is 29.1 Å². The second kappa shape index (κ2) is 8.90. The lowest BCUT2D eigenvalue weighted by atomic mass is 9.87. The molecule has 2 atom stereocenters. The van der Waals surface area contributed by atoms with Crippen molar-refractivity contribution in [3.8, 4) is 0 Å². The number of anilines is 1. The van der Waals surface area contributed by atoms with E-state index in [1.807, 2.05) is 6.92 Å². The van der Waals surface area contributed by atoms with Crippen LogP contribution in [0.3, 0.4) is 0 Å². The molecule has 0 bridgehead atoms. The Morgan fingerprint density at radius 2 is 1.90 bits per heavy atom. The summed E-state index contributed by atoms with van der Waals surface area (Å²) in [5.74, 6) is -4.60. The van der Waals surface area contributed by atoms with Gasteiger partial charge in [0.1, 0.15) is 6.26 Å². The molecular weight excluding hydrogens is 435 g/mol. The molecule has 31 heavy (non-hydrogen) atoms. The van der Waals surface area contributed by atoms with Crippen molar-refractivity contribution < 1.29 is 27.3 Å². The normalized spacial score (nSPS) is 19.3. The smallest absolute Gasteiger partial charge is 0.278 e. The molecule has 1 aliphatic carbocycles. The Labute approximate surface area is 182 Å². The van der Waals surface area contributed by atoms with Crippen LogP contribution in [-0.2, 0) is 15.1 Å². The number of aromatic nitrogens is 1. The number of carbonyl (C=O) groups is 2. The zero-order valence-corrected chi connectivity index (χ0v) is 17.8. The fourth-order valence-electron chi connectivity index (χ4n) is 3.71. The van der Waals surface area contributed by atoms with Gasteiger partial charge < -0.3 is 9.84 Å². The highest BCUT2D eigenvalue weighted by Gasteiger charge is 2.48. The Kier molecular flexibility index (Phi) is 6.64. The van der Waals surface area contributed by atoms with E-state index < -0.39 is 34.9 Å². The number of carbonyl (C=O) groups excluding carboxylic acids is 2. The summed E-state index contributed by atoms with van der Waals surface area (Å²) in [5.41, 5.74) is -2.92. The number of alkyl halides is 4. The predicted molar refractivity (Wildman–Crippen MR) is 109 cm³/mol. The van der Waals surface area contributed by atoms with Gasteiger partial charge in [0.15, 0.2) is 5.54 Å². The van der Waals surface area contributed by atoms with E-state index in [4.69, 9.17) is 16.1 Å². The van der Waals surface area contributed by atoms with Crippen molar-refractivity contribution in [3.05, 3.63) is 47.9 Å². The first-order valence-corrected chi connectivity index (χ1v) is 10.3. The minimum absolute atomic E-state index is 0.0815. The Morgan fingerprint density at radius 3 is 2.42 bits per heavy atom. The van der Waals surface area contributed by atoms with Crippen LogP contribution in [0.2, 0.25) is 0 Å². The van der Waals surface area contributed by atoms with E-state index >= 15 is 0 Å². The number of aryl methyl sites for hydroxylation is 1. The maximum atomic E-state index is 14.0. The Balaban J connectivity index is 2.01. The molecule has 3 rings (SSSR count). The van der Waals surface area contributed by atoms with E-state index in [1.165, 1.54) is 19.4 Å². The first-order chi connectivity index (χ1) is 14.5. The second-order valence-corrected chi connectivity index (χ2v) is 8.28. The van der Waals surface area contributed by atoms with Crippen LogP contribution in [0.25, 0.3) is 0 Å². The maximum Gasteiger partial charge on any atom is 0.278 e. The number of halogens is 4. The molecular formula is C21H23ClF3N3O3. The van der Waals surface area contributed by atoms with Gasteiger partial charge >= 0.3 is 0 Å². The number of benzene rings is 1. The van der Waals surface area contributed by atoms with E-state index in [2.05, 4.69) is 10.5 Å². The topological polar surface area (TPSA) is 75.4 Å². The summed E-state index contributed by atoms with van der Waals surface area (Å²) in [6, 6.07) is 6.01. The highest BCUT2D eigenvalue weighted by molar-refractivity contribution is 6.32. The summed E-state index contributed by atoms with van der Waals surface area (Å²) in [5, 5.41) is 6.35. The minimum atomic E-state index is -2.76. The number of nitrogens with one attached hydrogen (secondary N) is 1. The molecule has 0 saturated heterocycles. The van der Waals surface area contributed by atoms with Crippen LogP contribution in [0.5, 0.6) is 0 Å². The Hall–Kier alpha value is -2.55. The van der Waals surface area contributed by atoms with E-state index in [0.717, 1.165) is 10.5 Å². The van der Waals surface area contributed by atoms with Gasteiger partial charge in [-0.05, 0) is 38.8 Å². The molecule has 2 amide bonds. The van der Waals surface area contributed by atoms with Crippen LogP contribution in [-0.4, -0.2) is 34.6 Å². The zero-order valence-electron chi connectivity index (χ0n) is 17.1. The highest BCUT2D eigenvalue weighted by atomic mass is 35.5. The summed E-state index contributed by atoms with van der Waals surface area (Å²) >= 11 is 5.49. The Morgan fingerprint density at radius 1 is 1.29 bits per heavy atom. The lowest BCUT2D eigenvalue weighted by Crippen LogP contribution is -2.60. The van der Waals surface area contributed by atoms with Gasteiger partial charge in [-0.25, -0.2) is 13.2 Å². The van der Waals surface area contributed by atoms with Gasteiger partial charge in [0.2, 0.25) is 5.92 Å². The van der Waals surface area contributed by atoms with Crippen molar-refractivity contribution in [1.29, 1.82) is 0 Å². The molecule has 1 heterocycles. The second-order valence-electron chi connectivity index (χ2n) is 7.90. The third-order valence-corrected chi connectivity index (χ3v) is 5.82. The van der Waals surface area contributed by atoms with Gasteiger partial charge in [0.25, 0.3) is 17.4 Å². The van der Waals surface area contributed by atoms with Crippen molar-refractivity contribution in [2.45, 2.75) is 62.7 Å². The number of nitrogens with zero attached hydrogens (tertiary/aromatic N) is 2. The van der Waals surface area contributed by atoms with Gasteiger partial charge in [0, 0.05) is 30.1 Å². The van der Waals surface area contributed by atoms with Crippen LogP contribution in [0, 0.1) is 6.92 Å². The largest absolute Gasteiger partial charge is 0.364 e. The molecule has 1 aliphatic rings. The highest BCUT2D eigenvalue weighted by Crippen LogP contribution is 2.37. The predicted octanol–water partition coefficient (Wildman–Crippen LogP) is 4.46. The van der Waals surface area contributed by atoms with Crippen LogP contribution < -0.4 is 10.2 Å². The Bertz CT molecular complexity index is 912. The molecule has 0 spiro atoms. The molecule has 168 valence electrons. The maximum absolute atomic E-state index is 14.0. The van der Waals surface area contributed by atoms with Crippen LogP contribution >= 0.6 is 11.6 Å². The van der Waals surface area contributed by atoms with Crippen LogP contribution in [0.4, 0.5) is 18.9 Å². The summed E-state index contributed by atoms with van der Waals surface area (Å²) in [6.45, 7) is 3.24. The van der Waals surface area contributed by atoms with Gasteiger partial charge in [-0.1, -0.05) is 34.5 Å². The van der Waals surface area contributed by atoms with Gasteiger partial charge in [-0.15, -0.1) is 0 Å². The minimum Gasteiger partial charge on any atom is -0.364 e. The van der Waals surface area contributed by atoms with Gasteiger partial charge in [-0.3, -0.25) is 14.5 Å². The lowest BCUT2D eigenvalue weighted by molar-refractivity contribution is -0.132. The van der Waals surface area contributed by atoms with Crippen LogP contribution in [0.1, 0.15) is 43.7 Å². The molecule has 1 aromatic carbocycles. The number of rotatable bonds is 6. The third kappa shape index (κ3) is 4.87. The molecule has 0 unspecified atom stereocenters. The first-order valence-electron chi connectivity index (χ1n) is 9.82. The summed E-state index contributed by atoms with van der Waals surface area (Å²) in [4.78, 5) is 27.3. The van der Waals surface area contributed by atoms with E-state index in [9.17, 15) is 22.8 Å². The van der Waals surface area contributed by atoms with Crippen molar-refractivity contribution in [3.63, 3.8) is 0 Å². The molecule has 1 aromatic heterocycles.